The van der Waals surface area contributed by atoms with Crippen LogP contribution in [0.3, 0.4) is 0 Å². The number of thiazole rings is 1. The molecule has 4 rings (SSSR count). The Hall–Kier alpha value is -3.12. The van der Waals surface area contributed by atoms with E-state index in [4.69, 9.17) is 4.74 Å². The van der Waals surface area contributed by atoms with Crippen LogP contribution in [0.2, 0.25) is 0 Å². The molecule has 0 aliphatic rings. The fourth-order valence-corrected chi connectivity index (χ4v) is 3.55. The van der Waals surface area contributed by atoms with Gasteiger partial charge in [0, 0.05) is 22.8 Å². The first kappa shape index (κ1) is 16.4. The summed E-state index contributed by atoms with van der Waals surface area (Å²) >= 11 is 1.44. The van der Waals surface area contributed by atoms with Gasteiger partial charge in [0.05, 0.1) is 12.8 Å². The molecule has 0 spiro atoms. The lowest BCUT2D eigenvalue weighted by molar-refractivity contribution is 0.102. The van der Waals surface area contributed by atoms with E-state index in [0.717, 1.165) is 33.2 Å². The number of hydrogen-bond donors (Lipinski definition) is 1. The maximum Gasteiger partial charge on any atom is 0.273 e. The van der Waals surface area contributed by atoms with Gasteiger partial charge in [-0.25, -0.2) is 4.98 Å². The zero-order valence-electron chi connectivity index (χ0n) is 14.4. The van der Waals surface area contributed by atoms with Gasteiger partial charge < -0.3 is 10.1 Å². The number of carbonyl (C=O) groups is 1. The van der Waals surface area contributed by atoms with Gasteiger partial charge in [-0.15, -0.1) is 11.3 Å². The number of methoxy groups -OCH3 is 1. The van der Waals surface area contributed by atoms with Gasteiger partial charge in [-0.1, -0.05) is 29.8 Å². The van der Waals surface area contributed by atoms with Crippen LogP contribution in [0.25, 0.3) is 16.2 Å². The summed E-state index contributed by atoms with van der Waals surface area (Å²) in [7, 11) is 1.64. The lowest BCUT2D eigenvalue weighted by Crippen LogP contribution is -2.13. The van der Waals surface area contributed by atoms with E-state index in [0.29, 0.717) is 5.69 Å². The average molecular weight is 363 g/mol. The number of amides is 1. The topological polar surface area (TPSA) is 55.6 Å². The van der Waals surface area contributed by atoms with Crippen LogP contribution in [0.5, 0.6) is 5.75 Å². The number of fused-ring (bicyclic) bond motifs is 1. The summed E-state index contributed by atoms with van der Waals surface area (Å²) in [6, 6.07) is 15.4. The standard InChI is InChI=1S/C20H17N3O2S/c1-13-6-8-15(9-7-13)21-19(24)18-12-26-20-22-17(11-23(18)20)14-4-3-5-16(10-14)25-2/h3-12H,1-2H3,(H,21,24). The van der Waals surface area contributed by atoms with E-state index in [1.807, 2.05) is 71.4 Å². The Balaban J connectivity index is 1.65. The molecule has 0 radical (unpaired) electrons. The van der Waals surface area contributed by atoms with Crippen LogP contribution in [-0.2, 0) is 0 Å². The Morgan fingerprint density at radius 1 is 1.19 bits per heavy atom. The third kappa shape index (κ3) is 3.07. The van der Waals surface area contributed by atoms with Gasteiger partial charge >= 0.3 is 0 Å². The van der Waals surface area contributed by atoms with Gasteiger partial charge in [0.15, 0.2) is 4.96 Å². The minimum atomic E-state index is -0.158. The number of benzene rings is 2. The number of carbonyl (C=O) groups excluding carboxylic acids is 1. The summed E-state index contributed by atoms with van der Waals surface area (Å²) in [5.74, 6) is 0.617. The molecule has 2 aromatic heterocycles. The van der Waals surface area contributed by atoms with E-state index in [1.165, 1.54) is 11.3 Å². The fourth-order valence-electron chi connectivity index (χ4n) is 2.70. The zero-order chi connectivity index (χ0) is 18.1. The summed E-state index contributed by atoms with van der Waals surface area (Å²) in [5.41, 5.74) is 4.24. The second-order valence-corrected chi connectivity index (χ2v) is 6.79. The Labute approximate surface area is 154 Å². The summed E-state index contributed by atoms with van der Waals surface area (Å²) in [5, 5.41) is 4.75. The predicted octanol–water partition coefficient (Wildman–Crippen LogP) is 4.63. The molecule has 2 heterocycles. The number of ether oxygens (including phenoxy) is 1. The fraction of sp³-hybridized carbons (Fsp3) is 0.100. The van der Waals surface area contributed by atoms with E-state index >= 15 is 0 Å². The highest BCUT2D eigenvalue weighted by Crippen LogP contribution is 2.26. The Bertz CT molecular complexity index is 1080. The molecule has 1 amide bonds. The SMILES string of the molecule is COc1cccc(-c2cn3c(C(=O)Nc4ccc(C)cc4)csc3n2)c1. The van der Waals surface area contributed by atoms with Gasteiger partial charge in [-0.2, -0.15) is 0 Å². The van der Waals surface area contributed by atoms with Crippen molar-refractivity contribution in [3.8, 4) is 17.0 Å². The molecule has 0 saturated carbocycles. The van der Waals surface area contributed by atoms with Crippen molar-refractivity contribution in [2.75, 3.05) is 12.4 Å². The quantitative estimate of drug-likeness (QED) is 0.575. The van der Waals surface area contributed by atoms with Crippen molar-refractivity contribution in [2.24, 2.45) is 0 Å². The van der Waals surface area contributed by atoms with Crippen molar-refractivity contribution in [1.29, 1.82) is 0 Å². The van der Waals surface area contributed by atoms with Gasteiger partial charge in [0.25, 0.3) is 5.91 Å². The third-order valence-electron chi connectivity index (χ3n) is 4.12. The van der Waals surface area contributed by atoms with Gasteiger partial charge in [0.1, 0.15) is 11.4 Å². The van der Waals surface area contributed by atoms with Crippen LogP contribution in [0, 0.1) is 6.92 Å². The number of rotatable bonds is 4. The predicted molar refractivity (Wildman–Crippen MR) is 104 cm³/mol. The van der Waals surface area contributed by atoms with Crippen LogP contribution in [0.1, 0.15) is 16.1 Å². The van der Waals surface area contributed by atoms with Gasteiger partial charge in [-0.05, 0) is 31.2 Å². The van der Waals surface area contributed by atoms with E-state index in [1.54, 1.807) is 7.11 Å². The minimum absolute atomic E-state index is 0.158. The molecule has 0 atom stereocenters. The highest BCUT2D eigenvalue weighted by Gasteiger charge is 2.15. The maximum atomic E-state index is 12.6. The lowest BCUT2D eigenvalue weighted by atomic mass is 10.1. The van der Waals surface area contributed by atoms with Crippen LogP contribution in [-0.4, -0.2) is 22.4 Å². The van der Waals surface area contributed by atoms with E-state index in [2.05, 4.69) is 10.3 Å². The monoisotopic (exact) mass is 363 g/mol. The van der Waals surface area contributed by atoms with Gasteiger partial charge in [0.2, 0.25) is 0 Å². The molecular formula is C20H17N3O2S. The highest BCUT2D eigenvalue weighted by atomic mass is 32.1. The summed E-state index contributed by atoms with van der Waals surface area (Å²) in [6.45, 7) is 2.01. The summed E-state index contributed by atoms with van der Waals surface area (Å²) in [6.07, 6.45) is 1.88. The number of anilines is 1. The van der Waals surface area contributed by atoms with Crippen molar-refractivity contribution < 1.29 is 9.53 Å². The van der Waals surface area contributed by atoms with Crippen molar-refractivity contribution in [2.45, 2.75) is 6.92 Å². The number of aryl methyl sites for hydroxylation is 1. The second kappa shape index (κ2) is 6.65. The molecule has 0 aliphatic carbocycles. The zero-order valence-corrected chi connectivity index (χ0v) is 15.2. The molecule has 1 N–H and O–H groups in total. The first-order chi connectivity index (χ1) is 12.6. The molecule has 0 bridgehead atoms. The first-order valence-electron chi connectivity index (χ1n) is 8.13. The smallest absolute Gasteiger partial charge is 0.273 e. The Morgan fingerprint density at radius 2 is 2.00 bits per heavy atom. The normalized spacial score (nSPS) is 10.8. The van der Waals surface area contributed by atoms with Crippen molar-refractivity contribution in [3.63, 3.8) is 0 Å². The van der Waals surface area contributed by atoms with Crippen LogP contribution < -0.4 is 10.1 Å². The molecule has 0 saturated heterocycles. The lowest BCUT2D eigenvalue weighted by Gasteiger charge is -2.04. The van der Waals surface area contributed by atoms with E-state index in [-0.39, 0.29) is 5.91 Å². The largest absolute Gasteiger partial charge is 0.497 e. The highest BCUT2D eigenvalue weighted by molar-refractivity contribution is 7.15. The van der Waals surface area contributed by atoms with E-state index in [9.17, 15) is 4.79 Å². The molecule has 0 fully saturated rings. The number of imidazole rings is 1. The number of nitrogens with zero attached hydrogens (tertiary/aromatic N) is 2. The summed E-state index contributed by atoms with van der Waals surface area (Å²) in [4.78, 5) is 18.0. The molecule has 5 nitrogen and oxygen atoms in total. The second-order valence-electron chi connectivity index (χ2n) is 5.95. The number of aromatic nitrogens is 2. The average Bonchev–Trinajstić information content (AvgIpc) is 3.24. The molecule has 26 heavy (non-hydrogen) atoms. The van der Waals surface area contributed by atoms with Crippen molar-refractivity contribution >= 4 is 27.9 Å². The third-order valence-corrected chi connectivity index (χ3v) is 4.96. The molecule has 130 valence electrons. The minimum Gasteiger partial charge on any atom is -0.497 e. The maximum absolute atomic E-state index is 12.6. The van der Waals surface area contributed by atoms with Crippen LogP contribution >= 0.6 is 11.3 Å². The molecule has 0 unspecified atom stereocenters. The van der Waals surface area contributed by atoms with Gasteiger partial charge in [-0.3, -0.25) is 9.20 Å². The molecule has 6 heteroatoms. The molecule has 0 aliphatic heterocycles. The van der Waals surface area contributed by atoms with Crippen LogP contribution in [0.4, 0.5) is 5.69 Å². The van der Waals surface area contributed by atoms with Crippen molar-refractivity contribution in [1.82, 2.24) is 9.38 Å². The first-order valence-corrected chi connectivity index (χ1v) is 9.01. The van der Waals surface area contributed by atoms with Crippen LogP contribution in [0.15, 0.2) is 60.1 Å². The molecular weight excluding hydrogens is 346 g/mol. The van der Waals surface area contributed by atoms with E-state index < -0.39 is 0 Å². The number of nitrogens with one attached hydrogen (secondary N) is 1. The van der Waals surface area contributed by atoms with Crippen molar-refractivity contribution in [3.05, 3.63) is 71.4 Å². The summed E-state index contributed by atoms with van der Waals surface area (Å²) < 4.78 is 7.09. The Kier molecular flexibility index (Phi) is 4.18. The Morgan fingerprint density at radius 3 is 2.77 bits per heavy atom. The number of hydrogen-bond acceptors (Lipinski definition) is 4. The molecule has 2 aromatic carbocycles. The molecule has 4 aromatic rings.